The van der Waals surface area contributed by atoms with Crippen LogP contribution in [0.1, 0.15) is 19.8 Å². The molecule has 96 valence electrons. The second-order valence-electron chi connectivity index (χ2n) is 3.88. The van der Waals surface area contributed by atoms with Crippen molar-refractivity contribution in [3.63, 3.8) is 0 Å². The molecule has 18 heavy (non-hydrogen) atoms. The molecule has 0 saturated carbocycles. The van der Waals surface area contributed by atoms with E-state index in [1.807, 2.05) is 24.3 Å². The number of carbonyl (C=O) groups excluding carboxylic acids is 1. The zero-order valence-electron chi connectivity index (χ0n) is 10.6. The zero-order chi connectivity index (χ0) is 13.2. The van der Waals surface area contributed by atoms with Crippen LogP contribution < -0.4 is 4.90 Å². The fraction of sp³-hybridized carbons (Fsp3) is 0.429. The lowest BCUT2D eigenvalue weighted by Gasteiger charge is -2.19. The van der Waals surface area contributed by atoms with Crippen molar-refractivity contribution < 1.29 is 9.53 Å². The number of nitrogens with zero attached hydrogens (tertiary/aromatic N) is 2. The third kappa shape index (κ3) is 4.56. The maximum Gasteiger partial charge on any atom is 0.253 e. The van der Waals surface area contributed by atoms with Crippen molar-refractivity contribution >= 4 is 11.6 Å². The number of amides is 1. The molecule has 0 aromatic heterocycles. The van der Waals surface area contributed by atoms with Gasteiger partial charge in [0.2, 0.25) is 0 Å². The van der Waals surface area contributed by atoms with Crippen LogP contribution in [0.25, 0.3) is 0 Å². The summed E-state index contributed by atoms with van der Waals surface area (Å²) in [5, 5.41) is 8.77. The van der Waals surface area contributed by atoms with E-state index in [0.717, 1.165) is 18.5 Å². The third-order valence-electron chi connectivity index (χ3n) is 2.47. The maximum atomic E-state index is 11.9. The Labute approximate surface area is 108 Å². The molecule has 0 aliphatic carbocycles. The fourth-order valence-electron chi connectivity index (χ4n) is 1.49. The van der Waals surface area contributed by atoms with Gasteiger partial charge < -0.3 is 4.74 Å². The van der Waals surface area contributed by atoms with E-state index < -0.39 is 0 Å². The van der Waals surface area contributed by atoms with Gasteiger partial charge in [0.15, 0.2) is 0 Å². The summed E-state index contributed by atoms with van der Waals surface area (Å²) in [5.41, 5.74) is 0.725. The summed E-state index contributed by atoms with van der Waals surface area (Å²) in [6.07, 6.45) is 1.98. The van der Waals surface area contributed by atoms with Crippen LogP contribution in [0.3, 0.4) is 0 Å². The van der Waals surface area contributed by atoms with Crippen molar-refractivity contribution in [1.29, 1.82) is 5.26 Å². The van der Waals surface area contributed by atoms with Gasteiger partial charge in [-0.25, -0.2) is 0 Å². The van der Waals surface area contributed by atoms with E-state index >= 15 is 0 Å². The Balaban J connectivity index is 2.57. The topological polar surface area (TPSA) is 53.3 Å². The smallest absolute Gasteiger partial charge is 0.253 e. The fourth-order valence-corrected chi connectivity index (χ4v) is 1.49. The van der Waals surface area contributed by atoms with Gasteiger partial charge in [-0.1, -0.05) is 31.5 Å². The monoisotopic (exact) mass is 246 g/mol. The quantitative estimate of drug-likeness (QED) is 0.548. The molecule has 0 aliphatic heterocycles. The molecule has 0 heterocycles. The van der Waals surface area contributed by atoms with Crippen LogP contribution in [0.2, 0.25) is 0 Å². The molecule has 1 aromatic rings. The van der Waals surface area contributed by atoms with Gasteiger partial charge >= 0.3 is 0 Å². The number of hydrogen-bond acceptors (Lipinski definition) is 3. The van der Waals surface area contributed by atoms with Crippen LogP contribution >= 0.6 is 0 Å². The Bertz CT molecular complexity index is 398. The summed E-state index contributed by atoms with van der Waals surface area (Å²) in [5.74, 6) is -0.182. The summed E-state index contributed by atoms with van der Waals surface area (Å²) < 4.78 is 5.28. The molecule has 1 amide bonds. The van der Waals surface area contributed by atoms with Crippen molar-refractivity contribution in [1.82, 2.24) is 0 Å². The summed E-state index contributed by atoms with van der Waals surface area (Å²) in [7, 11) is 0. The number of carbonyl (C=O) groups is 1. The van der Waals surface area contributed by atoms with E-state index in [1.165, 1.54) is 4.90 Å². The minimum Gasteiger partial charge on any atom is -0.372 e. The van der Waals surface area contributed by atoms with Gasteiger partial charge in [-0.15, -0.1) is 0 Å². The number of hydrogen-bond donors (Lipinski definition) is 0. The van der Waals surface area contributed by atoms with Crippen LogP contribution in [0.15, 0.2) is 30.3 Å². The highest BCUT2D eigenvalue weighted by Crippen LogP contribution is 2.12. The lowest BCUT2D eigenvalue weighted by molar-refractivity contribution is -0.123. The highest BCUT2D eigenvalue weighted by molar-refractivity contribution is 5.94. The molecule has 0 atom stereocenters. The van der Waals surface area contributed by atoms with Crippen molar-refractivity contribution in [3.8, 4) is 6.07 Å². The number of rotatable bonds is 7. The molecule has 0 spiro atoms. The molecule has 4 heteroatoms. The molecule has 1 aromatic carbocycles. The van der Waals surface area contributed by atoms with Crippen LogP contribution in [-0.2, 0) is 9.53 Å². The molecule has 1 rings (SSSR count). The van der Waals surface area contributed by atoms with Crippen LogP contribution in [0.4, 0.5) is 5.69 Å². The summed E-state index contributed by atoms with van der Waals surface area (Å²) >= 11 is 0. The second kappa shape index (κ2) is 8.26. The second-order valence-corrected chi connectivity index (χ2v) is 3.88. The molecule has 0 N–H and O–H groups in total. The summed E-state index contributed by atoms with van der Waals surface area (Å²) in [4.78, 5) is 13.4. The summed E-state index contributed by atoms with van der Waals surface area (Å²) in [6, 6.07) is 11.2. The SMILES string of the molecule is CCCCOCC(=O)N(CC#N)c1ccccc1. The van der Waals surface area contributed by atoms with Crippen LogP contribution in [0.5, 0.6) is 0 Å². The Morgan fingerprint density at radius 2 is 2.11 bits per heavy atom. The van der Waals surface area contributed by atoms with E-state index in [9.17, 15) is 4.79 Å². The first-order valence-corrected chi connectivity index (χ1v) is 6.09. The number of ether oxygens (including phenoxy) is 1. The number of anilines is 1. The largest absolute Gasteiger partial charge is 0.372 e. The minimum atomic E-state index is -0.182. The lowest BCUT2D eigenvalue weighted by atomic mass is 10.3. The number of benzene rings is 1. The molecule has 0 aliphatic rings. The molecule has 0 saturated heterocycles. The van der Waals surface area contributed by atoms with E-state index in [4.69, 9.17) is 10.00 Å². The Hall–Kier alpha value is -1.86. The maximum absolute atomic E-state index is 11.9. The van der Waals surface area contributed by atoms with Crippen LogP contribution in [0, 0.1) is 11.3 Å². The van der Waals surface area contributed by atoms with Crippen molar-refractivity contribution in [2.24, 2.45) is 0 Å². The molecule has 0 fully saturated rings. The average molecular weight is 246 g/mol. The van der Waals surface area contributed by atoms with E-state index in [0.29, 0.717) is 6.61 Å². The number of nitriles is 1. The third-order valence-corrected chi connectivity index (χ3v) is 2.47. The normalized spacial score (nSPS) is 9.78. The zero-order valence-corrected chi connectivity index (χ0v) is 10.6. The van der Waals surface area contributed by atoms with Gasteiger partial charge in [-0.2, -0.15) is 5.26 Å². The van der Waals surface area contributed by atoms with Crippen LogP contribution in [-0.4, -0.2) is 25.7 Å². The highest BCUT2D eigenvalue weighted by Gasteiger charge is 2.14. The molecule has 4 nitrogen and oxygen atoms in total. The molecule has 0 radical (unpaired) electrons. The first-order valence-electron chi connectivity index (χ1n) is 6.09. The molecular formula is C14H18N2O2. The van der Waals surface area contributed by atoms with Gasteiger partial charge in [0.25, 0.3) is 5.91 Å². The van der Waals surface area contributed by atoms with Gasteiger partial charge in [0, 0.05) is 12.3 Å². The molecule has 0 unspecified atom stereocenters. The highest BCUT2D eigenvalue weighted by atomic mass is 16.5. The minimum absolute atomic E-state index is 0.0244. The number of para-hydroxylation sites is 1. The van der Waals surface area contributed by atoms with Crippen molar-refractivity contribution in [3.05, 3.63) is 30.3 Å². The Morgan fingerprint density at radius 1 is 1.39 bits per heavy atom. The van der Waals surface area contributed by atoms with Gasteiger partial charge in [0.1, 0.15) is 13.2 Å². The Kier molecular flexibility index (Phi) is 6.52. The van der Waals surface area contributed by atoms with E-state index in [2.05, 4.69) is 6.92 Å². The Morgan fingerprint density at radius 3 is 2.72 bits per heavy atom. The van der Waals surface area contributed by atoms with E-state index in [1.54, 1.807) is 12.1 Å². The first-order chi connectivity index (χ1) is 8.79. The molecule has 0 bridgehead atoms. The average Bonchev–Trinajstić information content (AvgIpc) is 2.41. The van der Waals surface area contributed by atoms with Crippen molar-refractivity contribution in [2.45, 2.75) is 19.8 Å². The van der Waals surface area contributed by atoms with Gasteiger partial charge in [-0.3, -0.25) is 9.69 Å². The van der Waals surface area contributed by atoms with Gasteiger partial charge in [0.05, 0.1) is 6.07 Å². The van der Waals surface area contributed by atoms with E-state index in [-0.39, 0.29) is 19.1 Å². The predicted octanol–water partition coefficient (Wildman–Crippen LogP) is 2.36. The lowest BCUT2D eigenvalue weighted by Crippen LogP contribution is -2.34. The standard InChI is InChI=1S/C14H18N2O2/c1-2-3-11-18-12-14(17)16(10-9-15)13-7-5-4-6-8-13/h4-8H,2-3,10-12H2,1H3. The first kappa shape index (κ1) is 14.2. The summed E-state index contributed by atoms with van der Waals surface area (Å²) in [6.45, 7) is 2.71. The van der Waals surface area contributed by atoms with Gasteiger partial charge in [-0.05, 0) is 18.6 Å². The molecular weight excluding hydrogens is 228 g/mol. The predicted molar refractivity (Wildman–Crippen MR) is 70.1 cm³/mol. The van der Waals surface area contributed by atoms with Crippen molar-refractivity contribution in [2.75, 3.05) is 24.7 Å². The number of unbranched alkanes of at least 4 members (excludes halogenated alkanes) is 1.